The molecule has 4 rings (SSSR count). The first-order valence-corrected chi connectivity index (χ1v) is 9.43. The Hall–Kier alpha value is -2.61. The van der Waals surface area contributed by atoms with E-state index in [1.807, 2.05) is 11.8 Å². The van der Waals surface area contributed by atoms with Crippen LogP contribution in [0.1, 0.15) is 40.5 Å². The summed E-state index contributed by atoms with van der Waals surface area (Å²) in [5.41, 5.74) is 2.30. The second kappa shape index (κ2) is 7.96. The minimum atomic E-state index is 0.000240. The molecule has 2 saturated heterocycles. The number of morpholine rings is 1. The van der Waals surface area contributed by atoms with E-state index in [1.54, 1.807) is 12.5 Å². The number of hydrogen-bond donors (Lipinski definition) is 0. The summed E-state index contributed by atoms with van der Waals surface area (Å²) in [6, 6.07) is 2.07. The molecule has 0 spiro atoms. The zero-order valence-corrected chi connectivity index (χ0v) is 15.5. The van der Waals surface area contributed by atoms with Crippen molar-refractivity contribution < 1.29 is 9.53 Å². The average molecular weight is 368 g/mol. The predicted molar refractivity (Wildman–Crippen MR) is 99.7 cm³/mol. The second-order valence-electron chi connectivity index (χ2n) is 7.01. The Labute approximate surface area is 158 Å². The first-order valence-electron chi connectivity index (χ1n) is 9.43. The molecule has 2 fully saturated rings. The second-order valence-corrected chi connectivity index (χ2v) is 7.01. The summed E-state index contributed by atoms with van der Waals surface area (Å²) >= 11 is 0. The number of aryl methyl sites for hydroxylation is 1. The number of anilines is 1. The van der Waals surface area contributed by atoms with Crippen molar-refractivity contribution in [3.8, 4) is 0 Å². The van der Waals surface area contributed by atoms with Gasteiger partial charge in [0.25, 0.3) is 5.91 Å². The molecule has 0 saturated carbocycles. The standard InChI is InChI=1S/C19H24N6O2/c1-14-16(10-20-12-21-14)19(26)25-4-2-3-15(11-25)17-9-18(23-13-22-17)24-5-7-27-8-6-24/h9-10,12-13,15H,2-8,11H2,1H3. The van der Waals surface area contributed by atoms with Crippen LogP contribution in [0.15, 0.2) is 24.9 Å². The van der Waals surface area contributed by atoms with Crippen molar-refractivity contribution >= 4 is 11.7 Å². The monoisotopic (exact) mass is 368 g/mol. The Bertz CT molecular complexity index is 808. The number of nitrogens with zero attached hydrogens (tertiary/aromatic N) is 6. The van der Waals surface area contributed by atoms with Crippen molar-refractivity contribution in [3.63, 3.8) is 0 Å². The fourth-order valence-electron chi connectivity index (χ4n) is 3.72. The summed E-state index contributed by atoms with van der Waals surface area (Å²) in [7, 11) is 0. The zero-order chi connectivity index (χ0) is 18.6. The molecule has 1 atom stereocenters. The maximum absolute atomic E-state index is 12.9. The van der Waals surface area contributed by atoms with E-state index in [4.69, 9.17) is 4.74 Å². The van der Waals surface area contributed by atoms with Gasteiger partial charge >= 0.3 is 0 Å². The minimum absolute atomic E-state index is 0.000240. The number of amides is 1. The first kappa shape index (κ1) is 17.8. The third kappa shape index (κ3) is 3.90. The molecule has 4 heterocycles. The highest BCUT2D eigenvalue weighted by Gasteiger charge is 2.28. The van der Waals surface area contributed by atoms with Gasteiger partial charge in [-0.1, -0.05) is 0 Å². The molecule has 142 valence electrons. The van der Waals surface area contributed by atoms with Gasteiger partial charge in [0.2, 0.25) is 0 Å². The Kier molecular flexibility index (Phi) is 5.24. The van der Waals surface area contributed by atoms with Crippen LogP contribution >= 0.6 is 0 Å². The van der Waals surface area contributed by atoms with Gasteiger partial charge in [0, 0.05) is 44.4 Å². The van der Waals surface area contributed by atoms with E-state index in [-0.39, 0.29) is 11.8 Å². The molecule has 27 heavy (non-hydrogen) atoms. The van der Waals surface area contributed by atoms with Gasteiger partial charge in [0.05, 0.1) is 30.2 Å². The Balaban J connectivity index is 1.50. The van der Waals surface area contributed by atoms with Crippen LogP contribution in [0.25, 0.3) is 0 Å². The van der Waals surface area contributed by atoms with Gasteiger partial charge in [0.15, 0.2) is 0 Å². The SMILES string of the molecule is Cc1ncncc1C(=O)N1CCCC(c2cc(N3CCOCC3)ncn2)C1. The van der Waals surface area contributed by atoms with Crippen molar-refractivity contribution in [1.82, 2.24) is 24.8 Å². The van der Waals surface area contributed by atoms with Crippen LogP contribution in [0.2, 0.25) is 0 Å². The minimum Gasteiger partial charge on any atom is -0.378 e. The molecule has 1 unspecified atom stereocenters. The number of likely N-dealkylation sites (tertiary alicyclic amines) is 1. The number of rotatable bonds is 3. The van der Waals surface area contributed by atoms with E-state index in [1.165, 1.54) is 6.33 Å². The summed E-state index contributed by atoms with van der Waals surface area (Å²) < 4.78 is 5.42. The highest BCUT2D eigenvalue weighted by molar-refractivity contribution is 5.95. The van der Waals surface area contributed by atoms with E-state index in [9.17, 15) is 4.79 Å². The van der Waals surface area contributed by atoms with Crippen molar-refractivity contribution in [2.75, 3.05) is 44.3 Å². The van der Waals surface area contributed by atoms with E-state index in [0.29, 0.717) is 17.8 Å². The van der Waals surface area contributed by atoms with Crippen molar-refractivity contribution in [2.24, 2.45) is 0 Å². The maximum atomic E-state index is 12.9. The van der Waals surface area contributed by atoms with E-state index < -0.39 is 0 Å². The molecule has 2 aliphatic heterocycles. The molecule has 0 N–H and O–H groups in total. The largest absolute Gasteiger partial charge is 0.378 e. The summed E-state index contributed by atoms with van der Waals surface area (Å²) in [6.45, 7) is 6.40. The van der Waals surface area contributed by atoms with Crippen molar-refractivity contribution in [2.45, 2.75) is 25.7 Å². The van der Waals surface area contributed by atoms with E-state index >= 15 is 0 Å². The van der Waals surface area contributed by atoms with Gasteiger partial charge in [-0.25, -0.2) is 19.9 Å². The van der Waals surface area contributed by atoms with Crippen molar-refractivity contribution in [1.29, 1.82) is 0 Å². The highest BCUT2D eigenvalue weighted by atomic mass is 16.5. The van der Waals surface area contributed by atoms with Gasteiger partial charge < -0.3 is 14.5 Å². The Morgan fingerprint density at radius 3 is 2.81 bits per heavy atom. The molecule has 8 nitrogen and oxygen atoms in total. The van der Waals surface area contributed by atoms with Gasteiger partial charge in [-0.05, 0) is 19.8 Å². The molecule has 0 aliphatic carbocycles. The number of carbonyl (C=O) groups is 1. The molecule has 0 bridgehead atoms. The van der Waals surface area contributed by atoms with Crippen LogP contribution in [-0.4, -0.2) is 70.1 Å². The Morgan fingerprint density at radius 1 is 1.15 bits per heavy atom. The summed E-state index contributed by atoms with van der Waals surface area (Å²) in [5, 5.41) is 0. The molecule has 2 aromatic rings. The summed E-state index contributed by atoms with van der Waals surface area (Å²) in [5.74, 6) is 1.16. The normalized spacial score (nSPS) is 20.6. The first-order chi connectivity index (χ1) is 13.2. The Morgan fingerprint density at radius 2 is 2.00 bits per heavy atom. The van der Waals surface area contributed by atoms with Gasteiger partial charge in [0.1, 0.15) is 18.5 Å². The van der Waals surface area contributed by atoms with Gasteiger partial charge in [-0.3, -0.25) is 4.79 Å². The number of ether oxygens (including phenoxy) is 1. The summed E-state index contributed by atoms with van der Waals surface area (Å²) in [4.78, 5) is 34.1. The number of piperidine rings is 1. The lowest BCUT2D eigenvalue weighted by molar-refractivity contribution is 0.0704. The van der Waals surface area contributed by atoms with Crippen LogP contribution < -0.4 is 4.90 Å². The van der Waals surface area contributed by atoms with Crippen molar-refractivity contribution in [3.05, 3.63) is 41.9 Å². The van der Waals surface area contributed by atoms with Crippen LogP contribution in [0, 0.1) is 6.92 Å². The lowest BCUT2D eigenvalue weighted by atomic mass is 9.94. The van der Waals surface area contributed by atoms with Gasteiger partial charge in [-0.2, -0.15) is 0 Å². The lowest BCUT2D eigenvalue weighted by Crippen LogP contribution is -2.40. The molecule has 8 heteroatoms. The third-order valence-electron chi connectivity index (χ3n) is 5.28. The van der Waals surface area contributed by atoms with Gasteiger partial charge in [-0.15, -0.1) is 0 Å². The average Bonchev–Trinajstić information content (AvgIpc) is 2.74. The van der Waals surface area contributed by atoms with E-state index in [0.717, 1.165) is 57.2 Å². The highest BCUT2D eigenvalue weighted by Crippen LogP contribution is 2.28. The molecule has 1 amide bonds. The number of aromatic nitrogens is 4. The lowest BCUT2D eigenvalue weighted by Gasteiger charge is -2.33. The maximum Gasteiger partial charge on any atom is 0.257 e. The third-order valence-corrected chi connectivity index (χ3v) is 5.28. The van der Waals surface area contributed by atoms with Crippen LogP contribution in [0.5, 0.6) is 0 Å². The molecule has 0 aromatic carbocycles. The topological polar surface area (TPSA) is 84.3 Å². The predicted octanol–water partition coefficient (Wildman–Crippen LogP) is 1.43. The van der Waals surface area contributed by atoms with Crippen LogP contribution in [0.3, 0.4) is 0 Å². The number of hydrogen-bond acceptors (Lipinski definition) is 7. The molecule has 2 aromatic heterocycles. The number of carbonyl (C=O) groups excluding carboxylic acids is 1. The van der Waals surface area contributed by atoms with E-state index in [2.05, 4.69) is 30.9 Å². The quantitative estimate of drug-likeness (QED) is 0.810. The smallest absolute Gasteiger partial charge is 0.257 e. The van der Waals surface area contributed by atoms with Crippen LogP contribution in [-0.2, 0) is 4.74 Å². The fourth-order valence-corrected chi connectivity index (χ4v) is 3.72. The molecule has 0 radical (unpaired) electrons. The zero-order valence-electron chi connectivity index (χ0n) is 15.5. The van der Waals surface area contributed by atoms with Crippen LogP contribution in [0.4, 0.5) is 5.82 Å². The summed E-state index contributed by atoms with van der Waals surface area (Å²) in [6.07, 6.45) is 6.69. The molecular formula is C19H24N6O2. The fraction of sp³-hybridized carbons (Fsp3) is 0.526. The molecular weight excluding hydrogens is 344 g/mol. The molecule has 2 aliphatic rings.